The highest BCUT2D eigenvalue weighted by Gasteiger charge is 2.59. The number of aliphatic hydroxyl groups excluding tert-OH is 7. The van der Waals surface area contributed by atoms with Gasteiger partial charge < -0.3 is 59.4 Å². The van der Waals surface area contributed by atoms with Crippen molar-refractivity contribution in [3.8, 4) is 0 Å². The first-order valence-corrected chi connectivity index (χ1v) is 10.7. The van der Waals surface area contributed by atoms with Gasteiger partial charge in [-0.2, -0.15) is 0 Å². The summed E-state index contributed by atoms with van der Waals surface area (Å²) in [6, 6.07) is 0. The van der Waals surface area contributed by atoms with Crippen LogP contribution < -0.4 is 0 Å². The van der Waals surface area contributed by atoms with Gasteiger partial charge in [0.2, 0.25) is 5.79 Å². The van der Waals surface area contributed by atoms with Crippen LogP contribution in [-0.4, -0.2) is 122 Å². The first kappa shape index (κ1) is 28.5. The predicted octanol–water partition coefficient (Wildman–Crippen LogP) is -3.60. The van der Waals surface area contributed by atoms with E-state index in [4.69, 9.17) is 18.9 Å². The Hall–Kier alpha value is -1.72. The molecule has 0 aliphatic carbocycles. The molecule has 2 rings (SSSR count). The van der Waals surface area contributed by atoms with Gasteiger partial charge in [-0.15, -0.1) is 0 Å². The lowest BCUT2D eigenvalue weighted by atomic mass is 9.99. The maximum atomic E-state index is 12.2. The number of ether oxygens (including phenoxy) is 5. The van der Waals surface area contributed by atoms with E-state index in [0.717, 1.165) is 6.26 Å². The highest BCUT2D eigenvalue weighted by Crippen LogP contribution is 2.36. The molecule has 2 aliphatic rings. The van der Waals surface area contributed by atoms with E-state index in [0.29, 0.717) is 6.42 Å². The normalized spacial score (nSPS) is 37.9. The largest absolute Gasteiger partial charge is 0.460 e. The van der Waals surface area contributed by atoms with Crippen LogP contribution in [0.3, 0.4) is 0 Å². The number of hydrogen-bond donors (Lipinski definition) is 7. The van der Waals surface area contributed by atoms with Gasteiger partial charge in [-0.1, -0.05) is 6.58 Å². The molecule has 2 heterocycles. The van der Waals surface area contributed by atoms with Gasteiger partial charge in [0.05, 0.1) is 19.5 Å². The Morgan fingerprint density at radius 3 is 2.06 bits per heavy atom. The lowest BCUT2D eigenvalue weighted by Gasteiger charge is -2.43. The van der Waals surface area contributed by atoms with Gasteiger partial charge >= 0.3 is 11.9 Å². The van der Waals surface area contributed by atoms with Crippen molar-refractivity contribution in [3.05, 3.63) is 12.8 Å². The highest BCUT2D eigenvalue weighted by atomic mass is 16.8. The van der Waals surface area contributed by atoms with Gasteiger partial charge in [0.25, 0.3) is 0 Å². The molecule has 0 unspecified atom stereocenters. The van der Waals surface area contributed by atoms with E-state index in [-0.39, 0.29) is 19.3 Å². The molecule has 0 saturated carbocycles. The minimum Gasteiger partial charge on any atom is -0.460 e. The fourth-order valence-electron chi connectivity index (χ4n) is 3.56. The lowest BCUT2D eigenvalue weighted by molar-refractivity contribution is -0.383. The number of esters is 2. The molecule has 196 valence electrons. The fourth-order valence-corrected chi connectivity index (χ4v) is 3.56. The first-order chi connectivity index (χ1) is 16.1. The third kappa shape index (κ3) is 6.69. The van der Waals surface area contributed by atoms with Crippen LogP contribution in [0.25, 0.3) is 0 Å². The van der Waals surface area contributed by atoms with E-state index < -0.39 is 86.6 Å². The van der Waals surface area contributed by atoms with Crippen molar-refractivity contribution in [2.75, 3.05) is 19.8 Å². The van der Waals surface area contributed by atoms with Crippen molar-refractivity contribution in [1.29, 1.82) is 0 Å². The van der Waals surface area contributed by atoms with E-state index in [1.807, 2.05) is 0 Å². The highest BCUT2D eigenvalue weighted by molar-refractivity contribution is 5.71. The Kier molecular flexibility index (Phi) is 10.8. The van der Waals surface area contributed by atoms with Crippen LogP contribution in [0.15, 0.2) is 12.8 Å². The van der Waals surface area contributed by atoms with E-state index in [9.17, 15) is 45.3 Å². The number of rotatable bonds is 12. The van der Waals surface area contributed by atoms with Crippen molar-refractivity contribution in [2.45, 2.75) is 80.5 Å². The molecule has 2 saturated heterocycles. The Balaban J connectivity index is 2.05. The minimum atomic E-state index is -2.33. The summed E-state index contributed by atoms with van der Waals surface area (Å²) in [7, 11) is 0. The third-order valence-electron chi connectivity index (χ3n) is 5.51. The first-order valence-electron chi connectivity index (χ1n) is 10.7. The summed E-state index contributed by atoms with van der Waals surface area (Å²) in [5.74, 6) is -3.61. The second-order valence-electron chi connectivity index (χ2n) is 7.93. The number of carbonyl (C=O) groups is 2. The molecular formula is C20H32O14. The average Bonchev–Trinajstić information content (AvgIpc) is 3.06. The van der Waals surface area contributed by atoms with Crippen LogP contribution in [0, 0.1) is 0 Å². The molecule has 9 atom stereocenters. The molecular weight excluding hydrogens is 464 g/mol. The second-order valence-corrected chi connectivity index (χ2v) is 7.93. The molecule has 2 fully saturated rings. The van der Waals surface area contributed by atoms with Gasteiger partial charge in [-0.3, -0.25) is 9.59 Å². The second kappa shape index (κ2) is 12.8. The Morgan fingerprint density at radius 1 is 0.882 bits per heavy atom. The maximum Gasteiger partial charge on any atom is 0.310 e. The monoisotopic (exact) mass is 496 g/mol. The molecule has 0 amide bonds. The zero-order valence-corrected chi connectivity index (χ0v) is 18.3. The van der Waals surface area contributed by atoms with Crippen LogP contribution in [-0.2, 0) is 33.3 Å². The average molecular weight is 496 g/mol. The Labute approximate surface area is 194 Å². The van der Waals surface area contributed by atoms with Crippen LogP contribution in [0.2, 0.25) is 0 Å². The van der Waals surface area contributed by atoms with Gasteiger partial charge in [0.15, 0.2) is 6.29 Å². The zero-order valence-electron chi connectivity index (χ0n) is 18.3. The van der Waals surface area contributed by atoms with Gasteiger partial charge in [-0.25, -0.2) is 0 Å². The molecule has 0 aromatic carbocycles. The zero-order chi connectivity index (χ0) is 25.5. The maximum absolute atomic E-state index is 12.2. The molecule has 0 aromatic rings. The van der Waals surface area contributed by atoms with Crippen molar-refractivity contribution in [1.82, 2.24) is 0 Å². The smallest absolute Gasteiger partial charge is 0.310 e. The van der Waals surface area contributed by atoms with E-state index in [2.05, 4.69) is 11.3 Å². The summed E-state index contributed by atoms with van der Waals surface area (Å²) in [5, 5.41) is 69.6. The van der Waals surface area contributed by atoms with Crippen LogP contribution in [0.1, 0.15) is 25.7 Å². The lowest BCUT2D eigenvalue weighted by Crippen LogP contribution is -2.62. The van der Waals surface area contributed by atoms with Crippen molar-refractivity contribution >= 4 is 11.9 Å². The van der Waals surface area contributed by atoms with Crippen molar-refractivity contribution in [3.63, 3.8) is 0 Å². The molecule has 0 bridgehead atoms. The molecule has 0 aromatic heterocycles. The van der Waals surface area contributed by atoms with Gasteiger partial charge in [0.1, 0.15) is 49.3 Å². The summed E-state index contributed by atoms with van der Waals surface area (Å²) in [6.07, 6.45) is -11.9. The standard InChI is InChI=1S/C20H32O14/c1-2-30-12(23)5-3-4-6-13(24)31-9-20(18(29)15(26)11(8-22)33-20)34-19-17(28)16(27)14(25)10(7-21)32-19/h2,10-11,14-19,21-22,25-29H,1,3-9H2/t10-,11-,14-,15-,16+,17-,18+,19-,20+/m1/s1. The quantitative estimate of drug-likeness (QED) is 0.0788. The number of hydrogen-bond acceptors (Lipinski definition) is 14. The van der Waals surface area contributed by atoms with E-state index in [1.165, 1.54) is 0 Å². The van der Waals surface area contributed by atoms with Crippen LogP contribution >= 0.6 is 0 Å². The third-order valence-corrected chi connectivity index (χ3v) is 5.51. The predicted molar refractivity (Wildman–Crippen MR) is 107 cm³/mol. The topological polar surface area (TPSA) is 222 Å². The molecule has 0 radical (unpaired) electrons. The molecule has 14 heteroatoms. The van der Waals surface area contributed by atoms with Crippen LogP contribution in [0.4, 0.5) is 0 Å². The minimum absolute atomic E-state index is 0.0512. The molecule has 14 nitrogen and oxygen atoms in total. The van der Waals surface area contributed by atoms with E-state index >= 15 is 0 Å². The summed E-state index contributed by atoms with van der Waals surface area (Å²) in [4.78, 5) is 23.4. The number of unbranched alkanes of at least 4 members (excludes halogenated alkanes) is 1. The van der Waals surface area contributed by atoms with E-state index in [1.54, 1.807) is 0 Å². The summed E-state index contributed by atoms with van der Waals surface area (Å²) in [6.45, 7) is 0.948. The fraction of sp³-hybridized carbons (Fsp3) is 0.800. The molecule has 0 spiro atoms. The summed E-state index contributed by atoms with van der Waals surface area (Å²) >= 11 is 0. The summed E-state index contributed by atoms with van der Waals surface area (Å²) in [5.41, 5.74) is 0. The van der Waals surface area contributed by atoms with Gasteiger partial charge in [-0.05, 0) is 12.8 Å². The van der Waals surface area contributed by atoms with Crippen LogP contribution in [0.5, 0.6) is 0 Å². The number of aliphatic hydroxyl groups is 7. The Bertz CT molecular complexity index is 686. The van der Waals surface area contributed by atoms with Crippen molar-refractivity contribution in [2.24, 2.45) is 0 Å². The SMILES string of the molecule is C=COC(=O)CCCCC(=O)OC[C@@]1(O[C@H]2O[C@H](CO)[C@@H](O)[C@H](O)[C@H]2O)O[C@H](CO)[C@@H](O)[C@@H]1O. The Morgan fingerprint density at radius 2 is 1.50 bits per heavy atom. The number of carbonyl (C=O) groups excluding carboxylic acids is 2. The molecule has 34 heavy (non-hydrogen) atoms. The molecule has 2 aliphatic heterocycles. The molecule has 7 N–H and O–H groups in total. The summed E-state index contributed by atoms with van der Waals surface area (Å²) < 4.78 is 25.8. The van der Waals surface area contributed by atoms with Gasteiger partial charge in [0, 0.05) is 12.8 Å². The van der Waals surface area contributed by atoms with Crippen molar-refractivity contribution < 1.29 is 69.0 Å².